The van der Waals surface area contributed by atoms with E-state index in [-0.39, 0.29) is 29.1 Å². The maximum Gasteiger partial charge on any atom is 0.254 e. The first-order chi connectivity index (χ1) is 15.2. The van der Waals surface area contributed by atoms with Gasteiger partial charge in [0.05, 0.1) is 16.0 Å². The molecule has 0 aromatic heterocycles. The van der Waals surface area contributed by atoms with Crippen LogP contribution >= 0.6 is 0 Å². The fourth-order valence-corrected chi connectivity index (χ4v) is 4.42. The fraction of sp³-hybridized carbons (Fsp3) is 0.364. The van der Waals surface area contributed by atoms with Crippen LogP contribution in [0, 0.1) is 5.82 Å². The Morgan fingerprint density at radius 3 is 2.16 bits per heavy atom. The van der Waals surface area contributed by atoms with E-state index < -0.39 is 27.7 Å². The Hall–Kier alpha value is -2.98. The van der Waals surface area contributed by atoms with E-state index in [0.717, 1.165) is 30.2 Å². The van der Waals surface area contributed by atoms with Crippen LogP contribution in [0.4, 0.5) is 10.1 Å². The molecule has 0 unspecified atom stereocenters. The SMILES string of the molecule is CN(C)S(=O)(=O)c1ccc(N2CCCC2)c(C(=O)NCCNC(=O)c2ccccc2F)c1. The number of amides is 2. The van der Waals surface area contributed by atoms with Gasteiger partial charge in [0.1, 0.15) is 5.82 Å². The van der Waals surface area contributed by atoms with Crippen LogP contribution in [-0.4, -0.2) is 64.8 Å². The molecule has 8 nitrogen and oxygen atoms in total. The molecule has 0 saturated carbocycles. The third kappa shape index (κ3) is 5.25. The van der Waals surface area contributed by atoms with Crippen molar-refractivity contribution in [3.8, 4) is 0 Å². The topological polar surface area (TPSA) is 98.8 Å². The highest BCUT2D eigenvalue weighted by atomic mass is 32.2. The number of hydrogen-bond donors (Lipinski definition) is 2. The minimum absolute atomic E-state index is 0.0310. The number of benzene rings is 2. The molecule has 2 aromatic carbocycles. The summed E-state index contributed by atoms with van der Waals surface area (Å²) in [4.78, 5) is 27.1. The maximum absolute atomic E-state index is 13.7. The summed E-state index contributed by atoms with van der Waals surface area (Å²) in [5.41, 5.74) is 0.861. The molecule has 2 amide bonds. The molecule has 0 bridgehead atoms. The summed E-state index contributed by atoms with van der Waals surface area (Å²) in [5, 5.41) is 5.27. The Kier molecular flexibility index (Phi) is 7.47. The van der Waals surface area contributed by atoms with Gasteiger partial charge in [-0.15, -0.1) is 0 Å². The van der Waals surface area contributed by atoms with Gasteiger partial charge in [0.25, 0.3) is 11.8 Å². The van der Waals surface area contributed by atoms with Crippen molar-refractivity contribution >= 4 is 27.5 Å². The summed E-state index contributed by atoms with van der Waals surface area (Å²) in [6.45, 7) is 1.77. The highest BCUT2D eigenvalue weighted by molar-refractivity contribution is 7.89. The molecular weight excluding hydrogens is 435 g/mol. The summed E-state index contributed by atoms with van der Waals surface area (Å²) < 4.78 is 39.9. The Balaban J connectivity index is 1.71. The van der Waals surface area contributed by atoms with Crippen LogP contribution in [0.25, 0.3) is 0 Å². The Morgan fingerprint density at radius 1 is 0.969 bits per heavy atom. The second-order valence-electron chi connectivity index (χ2n) is 7.65. The summed E-state index contributed by atoms with van der Waals surface area (Å²) in [6.07, 6.45) is 2.00. The Labute approximate surface area is 187 Å². The van der Waals surface area contributed by atoms with Crippen molar-refractivity contribution in [1.82, 2.24) is 14.9 Å². The molecule has 1 fully saturated rings. The lowest BCUT2D eigenvalue weighted by molar-refractivity contribution is 0.0925. The van der Waals surface area contributed by atoms with Gasteiger partial charge in [0.15, 0.2) is 0 Å². The van der Waals surface area contributed by atoms with Gasteiger partial charge in [0, 0.05) is 46.0 Å². The zero-order valence-electron chi connectivity index (χ0n) is 18.1. The summed E-state index contributed by atoms with van der Waals surface area (Å²) in [5.74, 6) is -1.64. The van der Waals surface area contributed by atoms with Gasteiger partial charge in [-0.2, -0.15) is 0 Å². The van der Waals surface area contributed by atoms with Crippen LogP contribution < -0.4 is 15.5 Å². The lowest BCUT2D eigenvalue weighted by Crippen LogP contribution is -2.36. The standard InChI is InChI=1S/C22H27FN4O4S/c1-26(2)32(30,31)16-9-10-20(27-13-5-6-14-27)18(15-16)22(29)25-12-11-24-21(28)17-7-3-4-8-19(17)23/h3-4,7-10,15H,5-6,11-14H2,1-2H3,(H,24,28)(H,25,29). The van der Waals surface area contributed by atoms with Gasteiger partial charge >= 0.3 is 0 Å². The molecule has 3 rings (SSSR count). The van der Waals surface area contributed by atoms with Gasteiger partial charge in [-0.3, -0.25) is 9.59 Å². The number of sulfonamides is 1. The number of nitrogens with zero attached hydrogens (tertiary/aromatic N) is 2. The smallest absolute Gasteiger partial charge is 0.254 e. The fourth-order valence-electron chi connectivity index (χ4n) is 3.49. The molecular formula is C22H27FN4O4S. The second kappa shape index (κ2) is 10.1. The zero-order valence-corrected chi connectivity index (χ0v) is 18.9. The molecule has 1 aliphatic rings. The molecule has 10 heteroatoms. The number of rotatable bonds is 8. The van der Waals surface area contributed by atoms with E-state index >= 15 is 0 Å². The number of anilines is 1. The predicted molar refractivity (Wildman–Crippen MR) is 120 cm³/mol. The summed E-state index contributed by atoms with van der Waals surface area (Å²) >= 11 is 0. The minimum Gasteiger partial charge on any atom is -0.371 e. The molecule has 0 radical (unpaired) electrons. The van der Waals surface area contributed by atoms with E-state index in [2.05, 4.69) is 15.5 Å². The number of halogens is 1. The van der Waals surface area contributed by atoms with Crippen LogP contribution in [0.3, 0.4) is 0 Å². The van der Waals surface area contributed by atoms with Crippen LogP contribution in [0.15, 0.2) is 47.4 Å². The van der Waals surface area contributed by atoms with Gasteiger partial charge in [0.2, 0.25) is 10.0 Å². The van der Waals surface area contributed by atoms with Gasteiger partial charge in [-0.25, -0.2) is 17.1 Å². The predicted octanol–water partition coefficient (Wildman–Crippen LogP) is 1.84. The quantitative estimate of drug-likeness (QED) is 0.584. The van der Waals surface area contributed by atoms with Crippen molar-refractivity contribution in [2.75, 3.05) is 45.2 Å². The molecule has 32 heavy (non-hydrogen) atoms. The normalized spacial score (nSPS) is 13.9. The molecule has 0 aliphatic carbocycles. The Morgan fingerprint density at radius 2 is 1.56 bits per heavy atom. The van der Waals surface area contributed by atoms with E-state index in [1.807, 2.05) is 0 Å². The number of nitrogens with one attached hydrogen (secondary N) is 2. The van der Waals surface area contributed by atoms with Crippen LogP contribution in [0.1, 0.15) is 33.6 Å². The Bertz CT molecular complexity index is 1100. The van der Waals surface area contributed by atoms with E-state index in [9.17, 15) is 22.4 Å². The van der Waals surface area contributed by atoms with Crippen LogP contribution in [-0.2, 0) is 10.0 Å². The van der Waals surface area contributed by atoms with Gasteiger partial charge in [-0.1, -0.05) is 12.1 Å². The van der Waals surface area contributed by atoms with E-state index in [4.69, 9.17) is 0 Å². The monoisotopic (exact) mass is 462 g/mol. The molecule has 2 N–H and O–H groups in total. The van der Waals surface area contributed by atoms with Crippen LogP contribution in [0.2, 0.25) is 0 Å². The number of carbonyl (C=O) groups excluding carboxylic acids is 2. The first-order valence-electron chi connectivity index (χ1n) is 10.3. The summed E-state index contributed by atoms with van der Waals surface area (Å²) in [6, 6.07) is 10.2. The maximum atomic E-state index is 13.7. The summed E-state index contributed by atoms with van der Waals surface area (Å²) in [7, 11) is -0.838. The third-order valence-electron chi connectivity index (χ3n) is 5.25. The molecule has 1 heterocycles. The zero-order chi connectivity index (χ0) is 23.3. The van der Waals surface area contributed by atoms with Gasteiger partial charge < -0.3 is 15.5 Å². The number of hydrogen-bond acceptors (Lipinski definition) is 5. The van der Waals surface area contributed by atoms with Gasteiger partial charge in [-0.05, 0) is 43.2 Å². The van der Waals surface area contributed by atoms with Crippen molar-refractivity contribution < 1.29 is 22.4 Å². The van der Waals surface area contributed by atoms with Crippen molar-refractivity contribution in [2.24, 2.45) is 0 Å². The second-order valence-corrected chi connectivity index (χ2v) is 9.80. The van der Waals surface area contributed by atoms with Crippen LogP contribution in [0.5, 0.6) is 0 Å². The molecule has 0 spiro atoms. The van der Waals surface area contributed by atoms with Crippen molar-refractivity contribution in [2.45, 2.75) is 17.7 Å². The first-order valence-corrected chi connectivity index (χ1v) is 11.8. The molecule has 1 aliphatic heterocycles. The molecule has 2 aromatic rings. The highest BCUT2D eigenvalue weighted by Crippen LogP contribution is 2.28. The van der Waals surface area contributed by atoms with Crippen molar-refractivity contribution in [1.29, 1.82) is 0 Å². The largest absolute Gasteiger partial charge is 0.371 e. The van der Waals surface area contributed by atoms with E-state index in [1.165, 1.54) is 44.4 Å². The molecule has 0 atom stereocenters. The van der Waals surface area contributed by atoms with Crippen molar-refractivity contribution in [3.05, 3.63) is 59.4 Å². The minimum atomic E-state index is -3.70. The first kappa shape index (κ1) is 23.7. The van der Waals surface area contributed by atoms with E-state index in [0.29, 0.717) is 5.69 Å². The average Bonchev–Trinajstić information content (AvgIpc) is 3.31. The third-order valence-corrected chi connectivity index (χ3v) is 7.06. The lowest BCUT2D eigenvalue weighted by atomic mass is 10.1. The lowest BCUT2D eigenvalue weighted by Gasteiger charge is -2.22. The molecule has 1 saturated heterocycles. The van der Waals surface area contributed by atoms with Crippen molar-refractivity contribution in [3.63, 3.8) is 0 Å². The van der Waals surface area contributed by atoms with E-state index in [1.54, 1.807) is 12.1 Å². The highest BCUT2D eigenvalue weighted by Gasteiger charge is 2.24. The molecule has 172 valence electrons. The number of carbonyl (C=O) groups is 2. The average molecular weight is 463 g/mol.